The zero-order valence-corrected chi connectivity index (χ0v) is 14.5. The van der Waals surface area contributed by atoms with Crippen molar-refractivity contribution in [3.8, 4) is 0 Å². The lowest BCUT2D eigenvalue weighted by molar-refractivity contribution is -0.384. The fourth-order valence-corrected chi connectivity index (χ4v) is 3.48. The van der Waals surface area contributed by atoms with E-state index in [4.69, 9.17) is 5.41 Å². The average Bonchev–Trinajstić information content (AvgIpc) is 3.10. The molecular formula is C18H11N5O3S. The number of rotatable bonds is 3. The van der Waals surface area contributed by atoms with E-state index in [0.29, 0.717) is 15.8 Å². The molecule has 0 atom stereocenters. The Bertz CT molecular complexity index is 1080. The van der Waals surface area contributed by atoms with Crippen molar-refractivity contribution in [3.63, 3.8) is 0 Å². The van der Waals surface area contributed by atoms with Crippen molar-refractivity contribution in [2.24, 2.45) is 10.1 Å². The lowest BCUT2D eigenvalue weighted by Crippen LogP contribution is -2.35. The molecule has 8 nitrogen and oxygen atoms in total. The van der Waals surface area contributed by atoms with Gasteiger partial charge in [-0.25, -0.2) is 0 Å². The molecule has 2 aromatic rings. The normalized spacial score (nSPS) is 17.6. The maximum Gasteiger partial charge on any atom is 0.283 e. The SMILES string of the molecule is N=C1C(=Cc2cccc([N+](=O)[O-])c2)C(=O)N=C2SC(c3ccccc3)=NN12. The molecule has 0 fully saturated rings. The number of nitro groups is 1. The number of fused-ring (bicyclic) bond motifs is 1. The number of carbonyl (C=O) groups excluding carboxylic acids is 1. The Balaban J connectivity index is 1.69. The van der Waals surface area contributed by atoms with Gasteiger partial charge in [-0.3, -0.25) is 20.3 Å². The topological polar surface area (TPSA) is 112 Å². The largest absolute Gasteiger partial charge is 0.283 e. The van der Waals surface area contributed by atoms with Gasteiger partial charge in [-0.15, -0.1) is 0 Å². The Kier molecular flexibility index (Phi) is 4.13. The van der Waals surface area contributed by atoms with Crippen LogP contribution in [0.25, 0.3) is 6.08 Å². The van der Waals surface area contributed by atoms with Crippen LogP contribution in [-0.4, -0.2) is 31.9 Å². The maximum atomic E-state index is 12.4. The van der Waals surface area contributed by atoms with Crippen LogP contribution < -0.4 is 0 Å². The molecule has 0 saturated carbocycles. The van der Waals surface area contributed by atoms with Crippen LogP contribution in [-0.2, 0) is 4.79 Å². The molecule has 4 rings (SSSR count). The average molecular weight is 377 g/mol. The van der Waals surface area contributed by atoms with Gasteiger partial charge in [0.05, 0.1) is 10.5 Å². The summed E-state index contributed by atoms with van der Waals surface area (Å²) in [6, 6.07) is 15.3. The van der Waals surface area contributed by atoms with Gasteiger partial charge in [0.1, 0.15) is 5.04 Å². The van der Waals surface area contributed by atoms with Crippen molar-refractivity contribution in [3.05, 3.63) is 81.4 Å². The Morgan fingerprint density at radius 3 is 2.67 bits per heavy atom. The number of thioether (sulfide) groups is 1. The summed E-state index contributed by atoms with van der Waals surface area (Å²) in [7, 11) is 0. The van der Waals surface area contributed by atoms with Gasteiger partial charge in [0.25, 0.3) is 11.6 Å². The lowest BCUT2D eigenvalue weighted by Gasteiger charge is -2.20. The summed E-state index contributed by atoms with van der Waals surface area (Å²) >= 11 is 1.22. The van der Waals surface area contributed by atoms with Crippen molar-refractivity contribution in [1.82, 2.24) is 5.01 Å². The molecule has 2 aliphatic rings. The van der Waals surface area contributed by atoms with E-state index in [1.54, 1.807) is 6.07 Å². The van der Waals surface area contributed by atoms with Crippen LogP contribution in [0.15, 0.2) is 70.3 Å². The van der Waals surface area contributed by atoms with E-state index >= 15 is 0 Å². The molecule has 1 N–H and O–H groups in total. The molecule has 0 aromatic heterocycles. The van der Waals surface area contributed by atoms with Crippen molar-refractivity contribution >= 4 is 45.5 Å². The van der Waals surface area contributed by atoms with Crippen molar-refractivity contribution in [2.75, 3.05) is 0 Å². The first-order valence-electron chi connectivity index (χ1n) is 7.83. The highest BCUT2D eigenvalue weighted by molar-refractivity contribution is 8.27. The minimum atomic E-state index is -0.574. The predicted octanol–water partition coefficient (Wildman–Crippen LogP) is 3.26. The van der Waals surface area contributed by atoms with Crippen LogP contribution >= 0.6 is 11.8 Å². The van der Waals surface area contributed by atoms with Crippen molar-refractivity contribution in [2.45, 2.75) is 0 Å². The highest BCUT2D eigenvalue weighted by Gasteiger charge is 2.36. The number of nitrogens with zero attached hydrogens (tertiary/aromatic N) is 4. The van der Waals surface area contributed by atoms with E-state index in [1.807, 2.05) is 30.3 Å². The van der Waals surface area contributed by atoms with Gasteiger partial charge in [-0.1, -0.05) is 42.5 Å². The second kappa shape index (κ2) is 6.61. The van der Waals surface area contributed by atoms with Crippen LogP contribution in [0.3, 0.4) is 0 Å². The standard InChI is InChI=1S/C18H11N5O3S/c19-15-14(10-11-5-4-8-13(9-11)23(25)26)16(24)20-18-22(15)21-17(27-18)12-6-2-1-3-7-12/h1-10,19H. The fourth-order valence-electron chi connectivity index (χ4n) is 2.58. The summed E-state index contributed by atoms with van der Waals surface area (Å²) in [6.07, 6.45) is 1.42. The smallest absolute Gasteiger partial charge is 0.282 e. The Hall–Kier alpha value is -3.59. The van der Waals surface area contributed by atoms with Crippen LogP contribution in [0.5, 0.6) is 0 Å². The number of benzene rings is 2. The van der Waals surface area contributed by atoms with Gasteiger partial charge in [0.15, 0.2) is 5.84 Å². The van der Waals surface area contributed by atoms with Crippen LogP contribution in [0.2, 0.25) is 0 Å². The minimum Gasteiger partial charge on any atom is -0.282 e. The number of carbonyl (C=O) groups is 1. The maximum absolute atomic E-state index is 12.4. The molecule has 132 valence electrons. The number of hydrazone groups is 1. The van der Waals surface area contributed by atoms with Gasteiger partial charge in [0.2, 0.25) is 5.17 Å². The Morgan fingerprint density at radius 1 is 1.15 bits per heavy atom. The summed E-state index contributed by atoms with van der Waals surface area (Å²) in [5.41, 5.74) is 1.24. The first-order valence-corrected chi connectivity index (χ1v) is 8.65. The van der Waals surface area contributed by atoms with E-state index < -0.39 is 10.8 Å². The summed E-state index contributed by atoms with van der Waals surface area (Å²) in [5.74, 6) is -0.690. The van der Waals surface area contributed by atoms with E-state index in [9.17, 15) is 14.9 Å². The van der Waals surface area contributed by atoms with E-state index in [1.165, 1.54) is 41.0 Å². The number of aliphatic imine (C=N–C) groups is 1. The van der Waals surface area contributed by atoms with E-state index in [2.05, 4.69) is 10.1 Å². The number of hydrogen-bond donors (Lipinski definition) is 1. The number of hydrogen-bond acceptors (Lipinski definition) is 6. The molecule has 0 spiro atoms. The van der Waals surface area contributed by atoms with Gasteiger partial charge in [-0.05, 0) is 23.4 Å². The summed E-state index contributed by atoms with van der Waals surface area (Å²) in [4.78, 5) is 26.8. The molecule has 27 heavy (non-hydrogen) atoms. The molecule has 2 aromatic carbocycles. The number of amides is 1. The molecule has 0 saturated heterocycles. The van der Waals surface area contributed by atoms with Crippen molar-refractivity contribution < 1.29 is 9.72 Å². The monoisotopic (exact) mass is 377 g/mol. The summed E-state index contributed by atoms with van der Waals surface area (Å²) < 4.78 is 0. The molecule has 9 heteroatoms. The first kappa shape index (κ1) is 16.9. The molecule has 0 aliphatic carbocycles. The van der Waals surface area contributed by atoms with Crippen LogP contribution in [0, 0.1) is 15.5 Å². The quantitative estimate of drug-likeness (QED) is 0.501. The number of amidine groups is 2. The van der Waals surface area contributed by atoms with Gasteiger partial charge in [-0.2, -0.15) is 15.1 Å². The molecule has 0 bridgehead atoms. The first-order chi connectivity index (χ1) is 13.0. The molecular weight excluding hydrogens is 366 g/mol. The van der Waals surface area contributed by atoms with Gasteiger partial charge < -0.3 is 0 Å². The summed E-state index contributed by atoms with van der Waals surface area (Å²) in [5, 5.41) is 25.9. The number of nitro benzene ring substituents is 1. The number of non-ortho nitro benzene ring substituents is 1. The molecule has 0 unspecified atom stereocenters. The molecule has 0 radical (unpaired) electrons. The van der Waals surface area contributed by atoms with Crippen LogP contribution in [0.1, 0.15) is 11.1 Å². The van der Waals surface area contributed by atoms with Gasteiger partial charge >= 0.3 is 0 Å². The van der Waals surface area contributed by atoms with Gasteiger partial charge in [0, 0.05) is 17.7 Å². The fraction of sp³-hybridized carbons (Fsp3) is 0. The third-order valence-corrected chi connectivity index (χ3v) is 4.82. The van der Waals surface area contributed by atoms with Crippen LogP contribution in [0.4, 0.5) is 5.69 Å². The molecule has 1 amide bonds. The molecule has 2 aliphatic heterocycles. The van der Waals surface area contributed by atoms with E-state index in [0.717, 1.165) is 5.56 Å². The third kappa shape index (κ3) is 3.15. The third-order valence-electron chi connectivity index (χ3n) is 3.87. The highest BCUT2D eigenvalue weighted by atomic mass is 32.2. The summed E-state index contributed by atoms with van der Waals surface area (Å²) in [6.45, 7) is 0. The zero-order chi connectivity index (χ0) is 19.0. The number of nitrogens with one attached hydrogen (secondary N) is 1. The second-order valence-corrected chi connectivity index (χ2v) is 6.60. The lowest BCUT2D eigenvalue weighted by atomic mass is 10.1. The second-order valence-electron chi connectivity index (χ2n) is 5.64. The Labute approximate surface area is 157 Å². The minimum absolute atomic E-state index is 0.0258. The van der Waals surface area contributed by atoms with Crippen molar-refractivity contribution in [1.29, 1.82) is 5.41 Å². The zero-order valence-electron chi connectivity index (χ0n) is 13.7. The highest BCUT2D eigenvalue weighted by Crippen LogP contribution is 2.31. The Morgan fingerprint density at radius 2 is 1.93 bits per heavy atom. The molecule has 2 heterocycles. The van der Waals surface area contributed by atoms with E-state index in [-0.39, 0.29) is 17.1 Å². The predicted molar refractivity (Wildman–Crippen MR) is 104 cm³/mol.